The second kappa shape index (κ2) is 3.78. The van der Waals surface area contributed by atoms with Crippen LogP contribution in [-0.4, -0.2) is 15.8 Å². The first-order valence-corrected chi connectivity index (χ1v) is 4.64. The lowest BCUT2D eigenvalue weighted by molar-refractivity contribution is -0.384. The Morgan fingerprint density at radius 3 is 2.35 bits per heavy atom. The summed E-state index contributed by atoms with van der Waals surface area (Å²) in [7, 11) is 0. The van der Waals surface area contributed by atoms with Crippen LogP contribution in [0.25, 0.3) is 0 Å². The van der Waals surface area contributed by atoms with Gasteiger partial charge in [-0.3, -0.25) is 14.9 Å². The van der Waals surface area contributed by atoms with Gasteiger partial charge < -0.3 is 15.6 Å². The first kappa shape index (κ1) is 10.9. The number of carbonyl (C=O) groups is 1. The molecule has 1 aliphatic heterocycles. The maximum atomic E-state index is 11.5. The van der Waals surface area contributed by atoms with Crippen LogP contribution in [0.15, 0.2) is 35.9 Å². The number of nitro groups is 1. The molecule has 0 saturated carbocycles. The summed E-state index contributed by atoms with van der Waals surface area (Å²) in [5, 5.41) is 19.7. The van der Waals surface area contributed by atoms with E-state index in [1.165, 1.54) is 24.3 Å². The average molecular weight is 236 g/mol. The zero-order valence-corrected chi connectivity index (χ0v) is 8.49. The Kier molecular flexibility index (Phi) is 2.43. The van der Waals surface area contributed by atoms with Crippen LogP contribution in [0.4, 0.5) is 5.69 Å². The smallest absolute Gasteiger partial charge is 0.269 e. The largest absolute Gasteiger partial charge is 0.501 e. The fraction of sp³-hybridized carbons (Fsp3) is 0.100. The van der Waals surface area contributed by atoms with Crippen molar-refractivity contribution >= 4 is 11.5 Å². The van der Waals surface area contributed by atoms with E-state index in [0.717, 1.165) is 0 Å². The van der Waals surface area contributed by atoms with Crippen molar-refractivity contribution in [1.82, 2.24) is 0 Å². The van der Waals surface area contributed by atoms with E-state index in [0.29, 0.717) is 5.56 Å². The van der Waals surface area contributed by atoms with Crippen LogP contribution in [0.5, 0.6) is 0 Å². The number of hydrogen-bond donors (Lipinski definition) is 2. The molecule has 17 heavy (non-hydrogen) atoms. The Morgan fingerprint density at radius 2 is 1.94 bits per heavy atom. The highest BCUT2D eigenvalue weighted by Gasteiger charge is 2.35. The standard InChI is InChI=1S/C10H8N2O5/c11-10-8(14)7(13)9(17-10)5-1-3-6(4-2-5)12(15)16/h1-4,9,14H,11H2/t9-/m0/s1. The van der Waals surface area contributed by atoms with Crippen molar-refractivity contribution in [2.75, 3.05) is 0 Å². The Balaban J connectivity index is 2.26. The van der Waals surface area contributed by atoms with Crippen molar-refractivity contribution in [3.05, 3.63) is 51.6 Å². The Hall–Kier alpha value is -2.57. The number of carbonyl (C=O) groups excluding carboxylic acids is 1. The van der Waals surface area contributed by atoms with Gasteiger partial charge in [-0.15, -0.1) is 0 Å². The first-order valence-electron chi connectivity index (χ1n) is 4.64. The number of aliphatic hydroxyl groups is 1. The lowest BCUT2D eigenvalue weighted by Gasteiger charge is -2.09. The van der Waals surface area contributed by atoms with Crippen molar-refractivity contribution < 1.29 is 19.6 Å². The number of benzene rings is 1. The molecule has 88 valence electrons. The summed E-state index contributed by atoms with van der Waals surface area (Å²) >= 11 is 0. The molecule has 0 bridgehead atoms. The van der Waals surface area contributed by atoms with Gasteiger partial charge >= 0.3 is 0 Å². The predicted octanol–water partition coefficient (Wildman–Crippen LogP) is 0.921. The molecule has 7 nitrogen and oxygen atoms in total. The summed E-state index contributed by atoms with van der Waals surface area (Å²) < 4.78 is 4.96. The number of rotatable bonds is 2. The van der Waals surface area contributed by atoms with Crippen LogP contribution in [0.3, 0.4) is 0 Å². The lowest BCUT2D eigenvalue weighted by atomic mass is 10.1. The third kappa shape index (κ3) is 1.78. The summed E-state index contributed by atoms with van der Waals surface area (Å²) in [6, 6.07) is 5.26. The molecular formula is C10H8N2O5. The predicted molar refractivity (Wildman–Crippen MR) is 55.8 cm³/mol. The van der Waals surface area contributed by atoms with E-state index >= 15 is 0 Å². The molecule has 0 aliphatic carbocycles. The second-order valence-corrected chi connectivity index (χ2v) is 3.42. The Labute approximate surface area is 95.3 Å². The van der Waals surface area contributed by atoms with Gasteiger partial charge in [0.2, 0.25) is 17.4 Å². The molecule has 1 aromatic rings. The average Bonchev–Trinajstić information content (AvgIpc) is 2.57. The molecule has 0 radical (unpaired) electrons. The van der Waals surface area contributed by atoms with Gasteiger partial charge in [-0.25, -0.2) is 0 Å². The summed E-state index contributed by atoms with van der Waals surface area (Å²) in [5.41, 5.74) is 5.56. The van der Waals surface area contributed by atoms with Crippen LogP contribution >= 0.6 is 0 Å². The molecule has 0 aromatic heterocycles. The summed E-state index contributed by atoms with van der Waals surface area (Å²) in [4.78, 5) is 21.4. The summed E-state index contributed by atoms with van der Waals surface area (Å²) in [6.45, 7) is 0. The van der Waals surface area contributed by atoms with E-state index in [2.05, 4.69) is 0 Å². The minimum atomic E-state index is -1.03. The number of non-ortho nitro benzene ring substituents is 1. The number of ether oxygens (including phenoxy) is 1. The van der Waals surface area contributed by atoms with E-state index in [1.807, 2.05) is 0 Å². The van der Waals surface area contributed by atoms with Crippen LogP contribution in [0.1, 0.15) is 11.7 Å². The van der Waals surface area contributed by atoms with Gasteiger partial charge in [0.1, 0.15) is 0 Å². The third-order valence-electron chi connectivity index (χ3n) is 2.36. The minimum Gasteiger partial charge on any atom is -0.501 e. The van der Waals surface area contributed by atoms with Crippen molar-refractivity contribution in [2.24, 2.45) is 5.73 Å². The van der Waals surface area contributed by atoms with E-state index in [1.54, 1.807) is 0 Å². The molecule has 1 aliphatic rings. The topological polar surface area (TPSA) is 116 Å². The number of nitrogens with two attached hydrogens (primary N) is 1. The van der Waals surface area contributed by atoms with E-state index < -0.39 is 22.6 Å². The molecular weight excluding hydrogens is 228 g/mol. The molecule has 1 heterocycles. The lowest BCUT2D eigenvalue weighted by Crippen LogP contribution is -2.09. The highest BCUT2D eigenvalue weighted by Crippen LogP contribution is 2.30. The minimum absolute atomic E-state index is 0.0932. The molecule has 1 aromatic carbocycles. The SMILES string of the molecule is NC1=C(O)C(=O)[C@H](c2ccc([N+](=O)[O-])cc2)O1. The normalized spacial score (nSPS) is 19.3. The van der Waals surface area contributed by atoms with E-state index in [9.17, 15) is 20.0 Å². The second-order valence-electron chi connectivity index (χ2n) is 3.42. The van der Waals surface area contributed by atoms with Gasteiger partial charge in [0.15, 0.2) is 6.10 Å². The quantitative estimate of drug-likeness (QED) is 0.582. The highest BCUT2D eigenvalue weighted by atomic mass is 16.6. The molecule has 0 saturated heterocycles. The zero-order chi connectivity index (χ0) is 12.6. The monoisotopic (exact) mass is 236 g/mol. The van der Waals surface area contributed by atoms with Gasteiger partial charge in [-0.05, 0) is 12.1 Å². The van der Waals surface area contributed by atoms with Gasteiger partial charge in [0.05, 0.1) is 4.92 Å². The molecule has 2 rings (SSSR count). The van der Waals surface area contributed by atoms with Crippen LogP contribution in [-0.2, 0) is 9.53 Å². The van der Waals surface area contributed by atoms with Crippen molar-refractivity contribution in [3.8, 4) is 0 Å². The molecule has 3 N–H and O–H groups in total. The number of hydrogen-bond acceptors (Lipinski definition) is 6. The van der Waals surface area contributed by atoms with Gasteiger partial charge in [-0.1, -0.05) is 0 Å². The number of aliphatic hydroxyl groups excluding tert-OH is 1. The van der Waals surface area contributed by atoms with Gasteiger partial charge in [0.25, 0.3) is 5.69 Å². The fourth-order valence-corrected chi connectivity index (χ4v) is 1.47. The molecule has 0 unspecified atom stereocenters. The first-order chi connectivity index (χ1) is 8.00. The summed E-state index contributed by atoms with van der Waals surface area (Å²) in [5.74, 6) is -1.61. The van der Waals surface area contributed by atoms with E-state index in [4.69, 9.17) is 10.5 Å². The molecule has 0 amide bonds. The number of ketones is 1. The van der Waals surface area contributed by atoms with E-state index in [-0.39, 0.29) is 11.6 Å². The highest BCUT2D eigenvalue weighted by molar-refractivity contribution is 5.99. The fourth-order valence-electron chi connectivity index (χ4n) is 1.47. The van der Waals surface area contributed by atoms with Gasteiger partial charge in [0, 0.05) is 17.7 Å². The number of nitro benzene ring substituents is 1. The van der Waals surface area contributed by atoms with Crippen molar-refractivity contribution in [2.45, 2.75) is 6.10 Å². The molecule has 0 spiro atoms. The molecule has 1 atom stereocenters. The molecule has 0 fully saturated rings. The maximum Gasteiger partial charge on any atom is 0.269 e. The maximum absolute atomic E-state index is 11.5. The van der Waals surface area contributed by atoms with Crippen LogP contribution in [0, 0.1) is 10.1 Å². The van der Waals surface area contributed by atoms with Crippen molar-refractivity contribution in [1.29, 1.82) is 0 Å². The Morgan fingerprint density at radius 1 is 1.35 bits per heavy atom. The number of Topliss-reactive ketones (excluding diaryl/α,β-unsaturated/α-hetero) is 1. The third-order valence-corrected chi connectivity index (χ3v) is 2.36. The Bertz CT molecular complexity index is 520. The number of nitrogens with zero attached hydrogens (tertiary/aromatic N) is 1. The summed E-state index contributed by atoms with van der Waals surface area (Å²) in [6.07, 6.45) is -1.03. The van der Waals surface area contributed by atoms with Crippen LogP contribution in [0.2, 0.25) is 0 Å². The van der Waals surface area contributed by atoms with Crippen LogP contribution < -0.4 is 5.73 Å². The van der Waals surface area contributed by atoms with Crippen molar-refractivity contribution in [3.63, 3.8) is 0 Å². The zero-order valence-electron chi connectivity index (χ0n) is 8.49. The van der Waals surface area contributed by atoms with Gasteiger partial charge in [-0.2, -0.15) is 0 Å². The molecule has 7 heteroatoms.